The molecule has 1 aliphatic carbocycles. The summed E-state index contributed by atoms with van der Waals surface area (Å²) >= 11 is 1.86. The standard InChI is InChI=1S/C15H19N3S/c1-18-10-12(9-17-18)19-14-8-4-6-11-5-2-3-7-13(11)15(14)16/h2-3,5,7,9-10,14-15H,4,6,8,16H2,1H3. The average Bonchev–Trinajstić information content (AvgIpc) is 2.75. The van der Waals surface area contributed by atoms with E-state index >= 15 is 0 Å². The molecule has 1 aliphatic rings. The van der Waals surface area contributed by atoms with Gasteiger partial charge in [-0.3, -0.25) is 4.68 Å². The van der Waals surface area contributed by atoms with Crippen LogP contribution >= 0.6 is 11.8 Å². The third-order valence-electron chi connectivity index (χ3n) is 3.72. The predicted molar refractivity (Wildman–Crippen MR) is 79.2 cm³/mol. The minimum Gasteiger partial charge on any atom is -0.323 e. The van der Waals surface area contributed by atoms with Gasteiger partial charge in [0.15, 0.2) is 0 Å². The first kappa shape index (κ1) is 12.8. The van der Waals surface area contributed by atoms with E-state index < -0.39 is 0 Å². The lowest BCUT2D eigenvalue weighted by Crippen LogP contribution is -2.23. The van der Waals surface area contributed by atoms with Crippen LogP contribution in [0.4, 0.5) is 0 Å². The molecule has 0 spiro atoms. The van der Waals surface area contributed by atoms with Gasteiger partial charge in [-0.05, 0) is 30.4 Å². The van der Waals surface area contributed by atoms with E-state index in [9.17, 15) is 0 Å². The predicted octanol–water partition coefficient (Wildman–Crippen LogP) is 2.92. The summed E-state index contributed by atoms with van der Waals surface area (Å²) in [5, 5.41) is 4.67. The summed E-state index contributed by atoms with van der Waals surface area (Å²) in [6, 6.07) is 8.72. The Morgan fingerprint density at radius 1 is 1.37 bits per heavy atom. The lowest BCUT2D eigenvalue weighted by atomic mass is 10.00. The van der Waals surface area contributed by atoms with Crippen LogP contribution in [0.3, 0.4) is 0 Å². The molecule has 0 radical (unpaired) electrons. The molecule has 2 N–H and O–H groups in total. The second kappa shape index (κ2) is 5.39. The number of hydrogen-bond donors (Lipinski definition) is 1. The van der Waals surface area contributed by atoms with E-state index in [1.165, 1.54) is 22.4 Å². The highest BCUT2D eigenvalue weighted by atomic mass is 32.2. The summed E-state index contributed by atoms with van der Waals surface area (Å²) < 4.78 is 1.85. The molecule has 2 atom stereocenters. The quantitative estimate of drug-likeness (QED) is 0.856. The van der Waals surface area contributed by atoms with Crippen molar-refractivity contribution in [2.75, 3.05) is 0 Å². The summed E-state index contributed by atoms with van der Waals surface area (Å²) in [5.74, 6) is 0. The molecule has 19 heavy (non-hydrogen) atoms. The summed E-state index contributed by atoms with van der Waals surface area (Å²) in [6.07, 6.45) is 7.51. The van der Waals surface area contributed by atoms with Gasteiger partial charge in [0.2, 0.25) is 0 Å². The molecule has 2 unspecified atom stereocenters. The topological polar surface area (TPSA) is 43.8 Å². The van der Waals surface area contributed by atoms with Gasteiger partial charge in [-0.2, -0.15) is 5.10 Å². The molecule has 1 heterocycles. The molecule has 0 fully saturated rings. The molecule has 2 aromatic rings. The Hall–Kier alpha value is -1.26. The van der Waals surface area contributed by atoms with Crippen LogP contribution in [0.1, 0.15) is 30.0 Å². The van der Waals surface area contributed by atoms with Crippen molar-refractivity contribution in [3.63, 3.8) is 0 Å². The van der Waals surface area contributed by atoms with Gasteiger partial charge < -0.3 is 5.73 Å². The minimum atomic E-state index is 0.115. The van der Waals surface area contributed by atoms with Crippen molar-refractivity contribution in [3.05, 3.63) is 47.8 Å². The fourth-order valence-corrected chi connectivity index (χ4v) is 3.98. The Labute approximate surface area is 118 Å². The number of fused-ring (bicyclic) bond motifs is 1. The van der Waals surface area contributed by atoms with Crippen molar-refractivity contribution < 1.29 is 0 Å². The highest BCUT2D eigenvalue weighted by Gasteiger charge is 2.25. The van der Waals surface area contributed by atoms with Crippen molar-refractivity contribution in [1.29, 1.82) is 0 Å². The molecular weight excluding hydrogens is 254 g/mol. The third kappa shape index (κ3) is 2.69. The van der Waals surface area contributed by atoms with Crippen LogP contribution in [0, 0.1) is 0 Å². The lowest BCUT2D eigenvalue weighted by molar-refractivity contribution is 0.632. The first-order valence-corrected chi connectivity index (χ1v) is 7.60. The van der Waals surface area contributed by atoms with Crippen molar-refractivity contribution in [2.45, 2.75) is 35.4 Å². The molecule has 3 rings (SSSR count). The highest BCUT2D eigenvalue weighted by Crippen LogP contribution is 2.37. The number of nitrogens with zero attached hydrogens (tertiary/aromatic N) is 2. The van der Waals surface area contributed by atoms with Crippen LogP contribution < -0.4 is 5.73 Å². The second-order valence-electron chi connectivity index (χ2n) is 5.12. The van der Waals surface area contributed by atoms with Crippen LogP contribution in [0.2, 0.25) is 0 Å². The molecule has 0 aliphatic heterocycles. The molecule has 4 heteroatoms. The largest absolute Gasteiger partial charge is 0.323 e. The molecule has 0 saturated heterocycles. The van der Waals surface area contributed by atoms with Gasteiger partial charge in [-0.25, -0.2) is 0 Å². The fourth-order valence-electron chi connectivity index (χ4n) is 2.73. The van der Waals surface area contributed by atoms with Crippen LogP contribution in [0.25, 0.3) is 0 Å². The minimum absolute atomic E-state index is 0.115. The normalized spacial score (nSPS) is 22.8. The Bertz CT molecular complexity index is 564. The van der Waals surface area contributed by atoms with Gasteiger partial charge >= 0.3 is 0 Å². The van der Waals surface area contributed by atoms with E-state index in [0.717, 1.165) is 12.8 Å². The van der Waals surface area contributed by atoms with Crippen molar-refractivity contribution in [2.24, 2.45) is 12.8 Å². The zero-order chi connectivity index (χ0) is 13.2. The van der Waals surface area contributed by atoms with Gasteiger partial charge in [-0.1, -0.05) is 24.3 Å². The van der Waals surface area contributed by atoms with E-state index in [1.54, 1.807) is 0 Å². The van der Waals surface area contributed by atoms with E-state index in [4.69, 9.17) is 5.73 Å². The van der Waals surface area contributed by atoms with Crippen LogP contribution in [0.15, 0.2) is 41.6 Å². The molecule has 100 valence electrons. The monoisotopic (exact) mass is 273 g/mol. The Kier molecular flexibility index (Phi) is 3.62. The summed E-state index contributed by atoms with van der Waals surface area (Å²) in [6.45, 7) is 0. The van der Waals surface area contributed by atoms with Crippen LogP contribution in [-0.4, -0.2) is 15.0 Å². The Balaban J connectivity index is 1.83. The second-order valence-corrected chi connectivity index (χ2v) is 6.44. The van der Waals surface area contributed by atoms with E-state index in [-0.39, 0.29) is 6.04 Å². The zero-order valence-corrected chi connectivity index (χ0v) is 11.9. The Morgan fingerprint density at radius 3 is 3.00 bits per heavy atom. The number of rotatable bonds is 2. The molecule has 1 aromatic heterocycles. The van der Waals surface area contributed by atoms with Gasteiger partial charge in [0.25, 0.3) is 0 Å². The number of thioether (sulfide) groups is 1. The molecule has 1 aromatic carbocycles. The van der Waals surface area contributed by atoms with Crippen molar-refractivity contribution >= 4 is 11.8 Å². The highest BCUT2D eigenvalue weighted by molar-refractivity contribution is 8.00. The van der Waals surface area contributed by atoms with E-state index in [0.29, 0.717) is 5.25 Å². The smallest absolute Gasteiger partial charge is 0.0625 e. The van der Waals surface area contributed by atoms with E-state index in [2.05, 4.69) is 35.6 Å². The maximum absolute atomic E-state index is 6.50. The third-order valence-corrected chi connectivity index (χ3v) is 5.03. The summed E-state index contributed by atoms with van der Waals surface area (Å²) in [5.41, 5.74) is 9.24. The molecule has 3 nitrogen and oxygen atoms in total. The number of hydrogen-bond acceptors (Lipinski definition) is 3. The van der Waals surface area contributed by atoms with Crippen LogP contribution in [0.5, 0.6) is 0 Å². The number of aryl methyl sites for hydroxylation is 2. The Morgan fingerprint density at radius 2 is 2.21 bits per heavy atom. The first-order valence-electron chi connectivity index (χ1n) is 6.73. The van der Waals surface area contributed by atoms with Gasteiger partial charge in [-0.15, -0.1) is 11.8 Å². The maximum Gasteiger partial charge on any atom is 0.0625 e. The number of aromatic nitrogens is 2. The number of nitrogens with two attached hydrogens (primary N) is 1. The molecule has 0 bridgehead atoms. The van der Waals surface area contributed by atoms with Crippen LogP contribution in [-0.2, 0) is 13.5 Å². The van der Waals surface area contributed by atoms with Gasteiger partial charge in [0, 0.05) is 29.4 Å². The van der Waals surface area contributed by atoms with Crippen molar-refractivity contribution in [3.8, 4) is 0 Å². The number of benzene rings is 1. The van der Waals surface area contributed by atoms with Crippen molar-refractivity contribution in [1.82, 2.24) is 9.78 Å². The maximum atomic E-state index is 6.50. The van der Waals surface area contributed by atoms with Gasteiger partial charge in [0.05, 0.1) is 6.20 Å². The fraction of sp³-hybridized carbons (Fsp3) is 0.400. The summed E-state index contributed by atoms with van der Waals surface area (Å²) in [7, 11) is 1.95. The molecule has 0 saturated carbocycles. The lowest BCUT2D eigenvalue weighted by Gasteiger charge is -2.21. The molecule has 0 amide bonds. The molecular formula is C15H19N3S. The summed E-state index contributed by atoms with van der Waals surface area (Å²) in [4.78, 5) is 1.21. The zero-order valence-electron chi connectivity index (χ0n) is 11.1. The first-order chi connectivity index (χ1) is 9.24. The SMILES string of the molecule is Cn1cc(SC2CCCc3ccccc3C2N)cn1. The van der Waals surface area contributed by atoms with E-state index in [1.807, 2.05) is 29.7 Å². The van der Waals surface area contributed by atoms with Gasteiger partial charge in [0.1, 0.15) is 0 Å². The average molecular weight is 273 g/mol.